The number of allylic oxidation sites excluding steroid dienone is 2. The molecule has 0 aromatic carbocycles. The summed E-state index contributed by atoms with van der Waals surface area (Å²) in [4.78, 5) is 28.3. The highest BCUT2D eigenvalue weighted by molar-refractivity contribution is 5.79. The minimum Gasteiger partial charge on any atom is -0.479 e. The summed E-state index contributed by atoms with van der Waals surface area (Å²) in [5.74, 6) is -3.14. The van der Waals surface area contributed by atoms with Crippen molar-refractivity contribution in [3.63, 3.8) is 0 Å². The Morgan fingerprint density at radius 3 is 1.31 bits per heavy atom. The number of aliphatic carboxylic acids is 1. The SMILES string of the molecule is CC1(C)CC[C@@]2(C(=O)O[C@@H]3O[C@@H](CO[C@@H]4O[C@H](CO[C@H]5O[C@H](CO[C@@H]6O[C@H](CO)[C@H](O)[C@@H](O)[C@H]6O)[C@@H](O)[C@H](O)[C@H]5O)[C@H](O[C@@H]5O[C@@H](CO)[C@@H](O)[C@H](O)[C@H]5O)[C@@H](O)[C@H]4O)[C@H](O)[C@H](O)[C@@H]3O)CC[C@]3(C)C(=CC[C@@H]4[C@@]5(C)CC[C@H](O[C@H]6O[C@@H](C(=O)O)[C@H](O[C@@H]7O[C@H](CO)[C@H](O)[C@H](O)[C@H]7O)[C@@H](O)[C@@H]6O)[C@@](C)(CO)[C@@H]5CC[C@]43C)[C@H]2C1. The lowest BCUT2D eigenvalue weighted by molar-refractivity contribution is -0.372. The summed E-state index contributed by atoms with van der Waals surface area (Å²) >= 11 is 0. The minimum absolute atomic E-state index is 0.0346. The smallest absolute Gasteiger partial charge is 0.335 e. The molecular formula is C72H116O40. The number of hydrogen-bond donors (Lipinski definition) is 24. The second-order valence-corrected chi connectivity index (χ2v) is 34.7. The maximum Gasteiger partial charge on any atom is 0.335 e. The van der Waals surface area contributed by atoms with Crippen molar-refractivity contribution in [3.8, 4) is 0 Å². The largest absolute Gasteiger partial charge is 0.479 e. The molecule has 12 aliphatic rings. The number of rotatable bonds is 22. The Morgan fingerprint density at radius 2 is 0.812 bits per heavy atom. The highest BCUT2D eigenvalue weighted by atomic mass is 16.8. The third-order valence-electron chi connectivity index (χ3n) is 27.8. The van der Waals surface area contributed by atoms with Gasteiger partial charge in [-0.1, -0.05) is 53.2 Å². The van der Waals surface area contributed by atoms with Gasteiger partial charge in [-0.2, -0.15) is 0 Å². The van der Waals surface area contributed by atoms with Gasteiger partial charge in [0.1, 0.15) is 165 Å². The molecule has 0 radical (unpaired) electrons. The Labute approximate surface area is 643 Å². The van der Waals surface area contributed by atoms with Crippen LogP contribution in [0.1, 0.15) is 106 Å². The Balaban J connectivity index is 0.727. The number of carboxylic acids is 1. The molecule has 0 unspecified atom stereocenters. The second-order valence-electron chi connectivity index (χ2n) is 34.7. The van der Waals surface area contributed by atoms with Crippen LogP contribution in [0, 0.1) is 50.2 Å². The van der Waals surface area contributed by atoms with Crippen molar-refractivity contribution in [1.29, 1.82) is 0 Å². The minimum atomic E-state index is -2.18. The average Bonchev–Trinajstić information content (AvgIpc) is 0.673. The third-order valence-corrected chi connectivity index (χ3v) is 27.8. The first kappa shape index (κ1) is 88.5. The molecule has 7 aliphatic heterocycles. The van der Waals surface area contributed by atoms with Crippen LogP contribution in [0.15, 0.2) is 11.6 Å². The molecule has 24 N–H and O–H groups in total. The second kappa shape index (κ2) is 34.0. The topological polar surface area (TPSA) is 649 Å². The molecule has 12 rings (SSSR count). The number of hydrogen-bond acceptors (Lipinski definition) is 39. The highest BCUT2D eigenvalue weighted by Crippen LogP contribution is 2.76. The van der Waals surface area contributed by atoms with E-state index in [1.54, 1.807) is 0 Å². The average molecular weight is 1620 g/mol. The molecule has 0 spiro atoms. The Bertz CT molecular complexity index is 3210. The normalized spacial score (nSPS) is 53.8. The van der Waals surface area contributed by atoms with Crippen LogP contribution in [0.3, 0.4) is 0 Å². The van der Waals surface area contributed by atoms with Crippen molar-refractivity contribution >= 4 is 11.9 Å². The van der Waals surface area contributed by atoms with Gasteiger partial charge in [0, 0.05) is 5.41 Å². The van der Waals surface area contributed by atoms with Gasteiger partial charge < -0.3 is 189 Å². The number of aliphatic hydroxyl groups excluding tert-OH is 23. The van der Waals surface area contributed by atoms with Crippen molar-refractivity contribution in [2.24, 2.45) is 50.2 Å². The molecule has 7 saturated heterocycles. The van der Waals surface area contributed by atoms with Gasteiger partial charge in [0.05, 0.1) is 57.8 Å². The fourth-order valence-electron chi connectivity index (χ4n) is 20.7. The summed E-state index contributed by atoms with van der Waals surface area (Å²) in [5.41, 5.74) is -3.02. The van der Waals surface area contributed by atoms with Crippen LogP contribution in [-0.2, 0) is 75.9 Å². The van der Waals surface area contributed by atoms with Crippen LogP contribution in [0.5, 0.6) is 0 Å². The van der Waals surface area contributed by atoms with E-state index in [1.165, 1.54) is 0 Å². The quantitative estimate of drug-likeness (QED) is 0.0272. The van der Waals surface area contributed by atoms with E-state index in [2.05, 4.69) is 40.7 Å². The van der Waals surface area contributed by atoms with Crippen molar-refractivity contribution < 1.29 is 198 Å². The molecule has 5 aliphatic carbocycles. The Kier molecular flexibility index (Phi) is 26.9. The van der Waals surface area contributed by atoms with Gasteiger partial charge in [0.15, 0.2) is 43.8 Å². The van der Waals surface area contributed by atoms with Crippen LogP contribution < -0.4 is 0 Å². The number of ether oxygens (including phenoxy) is 14. The lowest BCUT2D eigenvalue weighted by Gasteiger charge is -2.71. The van der Waals surface area contributed by atoms with Gasteiger partial charge in [0.25, 0.3) is 0 Å². The molecule has 0 bridgehead atoms. The molecule has 7 heterocycles. The Hall–Kier alpha value is -2.76. The molecule has 0 aromatic rings. The van der Waals surface area contributed by atoms with Crippen molar-refractivity contribution in [1.82, 2.24) is 0 Å². The van der Waals surface area contributed by atoms with Crippen LogP contribution in [0.4, 0.5) is 0 Å². The molecule has 0 amide bonds. The first-order valence-corrected chi connectivity index (χ1v) is 38.5. The summed E-state index contributed by atoms with van der Waals surface area (Å²) in [6, 6.07) is 0. The van der Waals surface area contributed by atoms with Crippen LogP contribution in [0.2, 0.25) is 0 Å². The van der Waals surface area contributed by atoms with Crippen molar-refractivity contribution in [2.45, 2.75) is 327 Å². The number of carbonyl (C=O) groups excluding carboxylic acids is 1. The number of carboxylic acid groups (broad SMARTS) is 1. The van der Waals surface area contributed by atoms with Crippen LogP contribution >= 0.6 is 0 Å². The Morgan fingerprint density at radius 1 is 0.411 bits per heavy atom. The molecule has 644 valence electrons. The maximum absolute atomic E-state index is 15.5. The van der Waals surface area contributed by atoms with Gasteiger partial charge in [-0.3, -0.25) is 4.79 Å². The standard InChI is InChI=1S/C72H116O40/c1-67(2)13-15-72(16-14-70(5)25(26(72)17-67)7-8-34-68(3)11-10-35(69(4,24-76)33(68)9-12-71(34,70)6)108-65-54(95)47(88)56(57(111-65)58(96)97)110-63-51(92)43(84)38(79)29(20-75)104-63)66(98)112-64-52(93)45(86)40(81)31(106-64)22-100-61-53(94)46(87)55(109-62-50(91)42(83)37(78)28(19-74)103-62)32(107-61)23-101-60-49(90)44(85)39(80)30(105-60)21-99-59-48(89)41(82)36(77)27(18-73)102-59/h7,26-57,59-65,73-95H,8-24H2,1-6H3,(H,96,97)/t26-,27-,28+,29-,30-,31+,32-,33-,34-,35+,36+,37-,38+,39-,40+,41-,42+,43+,44+,45+,46+,47+,48-,49-,50-,51-,52+,53-,54+,55+,56-,57-,59-,60+,61-,62+,63+,64+,65+,68+,69+,70-,71-,72-/m1/s1. The molecule has 11 fully saturated rings. The molecular weight excluding hydrogens is 1500 g/mol. The summed E-state index contributed by atoms with van der Waals surface area (Å²) in [5, 5.41) is 260. The van der Waals surface area contributed by atoms with E-state index in [9.17, 15) is 127 Å². The summed E-state index contributed by atoms with van der Waals surface area (Å²) in [7, 11) is 0. The van der Waals surface area contributed by atoms with Crippen molar-refractivity contribution in [2.75, 3.05) is 46.2 Å². The highest BCUT2D eigenvalue weighted by Gasteiger charge is 2.71. The van der Waals surface area contributed by atoms with Crippen molar-refractivity contribution in [3.05, 3.63) is 11.6 Å². The van der Waals surface area contributed by atoms with E-state index < -0.39 is 312 Å². The lowest BCUT2D eigenvalue weighted by Crippen LogP contribution is -2.68. The molecule has 44 atom stereocenters. The van der Waals surface area contributed by atoms with E-state index in [-0.39, 0.29) is 23.7 Å². The number of esters is 1. The summed E-state index contributed by atoms with van der Waals surface area (Å²) in [6.07, 6.45) is -60.5. The maximum atomic E-state index is 15.5. The number of aliphatic hydroxyl groups is 23. The zero-order valence-corrected chi connectivity index (χ0v) is 62.9. The predicted molar refractivity (Wildman–Crippen MR) is 363 cm³/mol. The lowest BCUT2D eigenvalue weighted by atomic mass is 9.33. The van der Waals surface area contributed by atoms with E-state index >= 15 is 4.79 Å². The van der Waals surface area contributed by atoms with E-state index in [1.807, 2.05) is 6.92 Å². The van der Waals surface area contributed by atoms with Gasteiger partial charge >= 0.3 is 11.9 Å². The number of carbonyl (C=O) groups is 2. The molecule has 112 heavy (non-hydrogen) atoms. The van der Waals surface area contributed by atoms with Crippen LogP contribution in [0.25, 0.3) is 0 Å². The fraction of sp³-hybridized carbons (Fsp3) is 0.944. The van der Waals surface area contributed by atoms with E-state index in [4.69, 9.17) is 66.3 Å². The van der Waals surface area contributed by atoms with Gasteiger partial charge in [-0.25, -0.2) is 4.79 Å². The predicted octanol–water partition coefficient (Wildman–Crippen LogP) is -9.50. The number of fused-ring (bicyclic) bond motifs is 7. The third kappa shape index (κ3) is 15.6. The van der Waals surface area contributed by atoms with E-state index in [0.29, 0.717) is 57.8 Å². The van der Waals surface area contributed by atoms with Gasteiger partial charge in [-0.05, 0) is 104 Å². The van der Waals surface area contributed by atoms with Crippen LogP contribution in [-0.4, -0.2) is 402 Å². The first-order chi connectivity index (χ1) is 52.6. The van der Waals surface area contributed by atoms with Gasteiger partial charge in [-0.15, -0.1) is 0 Å². The molecule has 4 saturated carbocycles. The monoisotopic (exact) mass is 1620 g/mol. The summed E-state index contributed by atoms with van der Waals surface area (Å²) < 4.78 is 81.7. The molecule has 40 heteroatoms. The van der Waals surface area contributed by atoms with E-state index in [0.717, 1.165) is 5.57 Å². The fourth-order valence-corrected chi connectivity index (χ4v) is 20.7. The molecule has 0 aromatic heterocycles. The zero-order chi connectivity index (χ0) is 81.9. The first-order valence-electron chi connectivity index (χ1n) is 38.5. The zero-order valence-electron chi connectivity index (χ0n) is 62.9. The summed E-state index contributed by atoms with van der Waals surface area (Å²) in [6.45, 7) is 7.28. The molecule has 40 nitrogen and oxygen atoms in total. The van der Waals surface area contributed by atoms with Gasteiger partial charge in [0.2, 0.25) is 6.29 Å².